The van der Waals surface area contributed by atoms with E-state index in [2.05, 4.69) is 21.2 Å². The lowest BCUT2D eigenvalue weighted by molar-refractivity contribution is 0.102. The molecule has 0 aliphatic carbocycles. The van der Waals surface area contributed by atoms with E-state index < -0.39 is 5.76 Å². The van der Waals surface area contributed by atoms with Gasteiger partial charge in [0, 0.05) is 4.47 Å². The van der Waals surface area contributed by atoms with Gasteiger partial charge in [-0.15, -0.1) is 11.3 Å². The SMILES string of the molecule is O=C(Nc1cccc(Cl)c1SC(F)F)c1sccc1Br. The third kappa shape index (κ3) is 3.72. The smallest absolute Gasteiger partial charge is 0.289 e. The second-order valence-corrected chi connectivity index (χ2v) is 6.72. The van der Waals surface area contributed by atoms with E-state index in [9.17, 15) is 13.6 Å². The Hall–Kier alpha value is -0.630. The maximum atomic E-state index is 12.5. The lowest BCUT2D eigenvalue weighted by Gasteiger charge is -2.11. The van der Waals surface area contributed by atoms with Crippen molar-refractivity contribution >= 4 is 62.2 Å². The molecule has 106 valence electrons. The predicted molar refractivity (Wildman–Crippen MR) is 83.3 cm³/mol. The van der Waals surface area contributed by atoms with E-state index in [-0.39, 0.29) is 21.5 Å². The summed E-state index contributed by atoms with van der Waals surface area (Å²) in [6, 6.07) is 6.38. The molecule has 2 rings (SSSR count). The topological polar surface area (TPSA) is 29.1 Å². The second kappa shape index (κ2) is 6.89. The van der Waals surface area contributed by atoms with E-state index in [1.807, 2.05) is 0 Å². The molecule has 1 amide bonds. The van der Waals surface area contributed by atoms with E-state index in [0.29, 0.717) is 21.1 Å². The molecular weight excluding hydrogens is 392 g/mol. The molecule has 0 fully saturated rings. The Balaban J connectivity index is 2.27. The van der Waals surface area contributed by atoms with Crippen molar-refractivity contribution in [1.82, 2.24) is 0 Å². The van der Waals surface area contributed by atoms with E-state index in [1.54, 1.807) is 17.5 Å². The van der Waals surface area contributed by atoms with Crippen molar-refractivity contribution in [3.8, 4) is 0 Å². The number of thiophene rings is 1. The summed E-state index contributed by atoms with van der Waals surface area (Å²) in [6.45, 7) is 0. The summed E-state index contributed by atoms with van der Waals surface area (Å²) >= 11 is 10.7. The summed E-state index contributed by atoms with van der Waals surface area (Å²) in [5, 5.41) is 4.54. The van der Waals surface area contributed by atoms with Gasteiger partial charge >= 0.3 is 0 Å². The Kier molecular flexibility index (Phi) is 5.42. The first-order chi connectivity index (χ1) is 9.49. The van der Waals surface area contributed by atoms with Crippen LogP contribution in [0.4, 0.5) is 14.5 Å². The number of benzene rings is 1. The zero-order valence-corrected chi connectivity index (χ0v) is 13.7. The fraction of sp³-hybridized carbons (Fsp3) is 0.0833. The minimum atomic E-state index is -2.61. The van der Waals surface area contributed by atoms with Crippen LogP contribution < -0.4 is 5.32 Å². The highest BCUT2D eigenvalue weighted by Gasteiger charge is 2.17. The number of anilines is 1. The third-order valence-electron chi connectivity index (χ3n) is 2.25. The number of carbonyl (C=O) groups is 1. The van der Waals surface area contributed by atoms with Gasteiger partial charge in [-0.2, -0.15) is 8.78 Å². The van der Waals surface area contributed by atoms with E-state index in [4.69, 9.17) is 11.6 Å². The summed E-state index contributed by atoms with van der Waals surface area (Å²) in [4.78, 5) is 12.7. The number of hydrogen-bond donors (Lipinski definition) is 1. The highest BCUT2D eigenvalue weighted by Crippen LogP contribution is 2.38. The molecule has 1 aromatic heterocycles. The van der Waals surface area contributed by atoms with Gasteiger partial charge in [-0.05, 0) is 39.5 Å². The van der Waals surface area contributed by atoms with Gasteiger partial charge in [0.1, 0.15) is 4.88 Å². The maximum absolute atomic E-state index is 12.5. The zero-order chi connectivity index (χ0) is 14.7. The van der Waals surface area contributed by atoms with Crippen molar-refractivity contribution in [2.24, 2.45) is 0 Å². The van der Waals surface area contributed by atoms with Crippen molar-refractivity contribution in [3.05, 3.63) is 44.0 Å². The van der Waals surface area contributed by atoms with Crippen LogP contribution in [0.15, 0.2) is 39.0 Å². The molecule has 8 heteroatoms. The molecule has 0 bridgehead atoms. The molecule has 0 atom stereocenters. The minimum Gasteiger partial charge on any atom is -0.320 e. The van der Waals surface area contributed by atoms with Gasteiger partial charge in [-0.25, -0.2) is 0 Å². The fourth-order valence-corrected chi connectivity index (χ4v) is 3.81. The van der Waals surface area contributed by atoms with Crippen LogP contribution in [0.1, 0.15) is 9.67 Å². The number of nitrogens with one attached hydrogen (secondary N) is 1. The number of carbonyl (C=O) groups excluding carboxylic acids is 1. The van der Waals surface area contributed by atoms with Crippen molar-refractivity contribution < 1.29 is 13.6 Å². The van der Waals surface area contributed by atoms with Crippen LogP contribution in [0.25, 0.3) is 0 Å². The summed E-state index contributed by atoms with van der Waals surface area (Å²) in [5.41, 5.74) is 0.271. The molecule has 0 saturated heterocycles. The van der Waals surface area contributed by atoms with Crippen LogP contribution in [-0.2, 0) is 0 Å². The molecule has 0 aliphatic heterocycles. The summed E-state index contributed by atoms with van der Waals surface area (Å²) in [6.07, 6.45) is 0. The normalized spacial score (nSPS) is 10.8. The Morgan fingerprint density at radius 3 is 2.75 bits per heavy atom. The van der Waals surface area contributed by atoms with Crippen LogP contribution in [0, 0.1) is 0 Å². The first-order valence-corrected chi connectivity index (χ1v) is 8.19. The molecule has 0 saturated carbocycles. The molecule has 1 N–H and O–H groups in total. The molecule has 2 aromatic rings. The first kappa shape index (κ1) is 15.8. The maximum Gasteiger partial charge on any atom is 0.289 e. The quantitative estimate of drug-likeness (QED) is 0.666. The number of amides is 1. The van der Waals surface area contributed by atoms with E-state index >= 15 is 0 Å². The summed E-state index contributed by atoms with van der Waals surface area (Å²) in [5.74, 6) is -2.98. The Bertz CT molecular complexity index is 636. The van der Waals surface area contributed by atoms with Crippen LogP contribution in [0.3, 0.4) is 0 Å². The standard InChI is InChI=1S/C12H7BrClF2NOS2/c13-6-4-5-19-9(6)11(18)17-8-3-1-2-7(14)10(8)20-12(15)16/h1-5,12H,(H,17,18). The monoisotopic (exact) mass is 397 g/mol. The molecule has 0 aliphatic rings. The fourth-order valence-electron chi connectivity index (χ4n) is 1.45. The highest BCUT2D eigenvalue weighted by atomic mass is 79.9. The Morgan fingerprint density at radius 1 is 1.40 bits per heavy atom. The lowest BCUT2D eigenvalue weighted by Crippen LogP contribution is -2.11. The van der Waals surface area contributed by atoms with Gasteiger partial charge in [0.05, 0.1) is 15.6 Å². The van der Waals surface area contributed by atoms with Gasteiger partial charge in [-0.1, -0.05) is 29.4 Å². The average molecular weight is 399 g/mol. The van der Waals surface area contributed by atoms with Gasteiger partial charge in [0.15, 0.2) is 0 Å². The second-order valence-electron chi connectivity index (χ2n) is 3.55. The van der Waals surface area contributed by atoms with Crippen LogP contribution in [-0.4, -0.2) is 11.7 Å². The van der Waals surface area contributed by atoms with E-state index in [0.717, 1.165) is 0 Å². The van der Waals surface area contributed by atoms with Gasteiger partial charge in [-0.3, -0.25) is 4.79 Å². The van der Waals surface area contributed by atoms with Crippen molar-refractivity contribution in [3.63, 3.8) is 0 Å². The molecule has 2 nitrogen and oxygen atoms in total. The molecule has 1 heterocycles. The molecule has 0 unspecified atom stereocenters. The largest absolute Gasteiger partial charge is 0.320 e. The molecular formula is C12H7BrClF2NOS2. The summed E-state index contributed by atoms with van der Waals surface area (Å²) in [7, 11) is 0. The van der Waals surface area contributed by atoms with Crippen molar-refractivity contribution in [1.29, 1.82) is 0 Å². The minimum absolute atomic E-state index is 0.158. The van der Waals surface area contributed by atoms with Crippen LogP contribution in [0.5, 0.6) is 0 Å². The van der Waals surface area contributed by atoms with E-state index in [1.165, 1.54) is 23.5 Å². The Labute approximate surface area is 135 Å². The van der Waals surface area contributed by atoms with Gasteiger partial charge in [0.2, 0.25) is 0 Å². The molecule has 0 radical (unpaired) electrons. The number of hydrogen-bond acceptors (Lipinski definition) is 3. The number of thioether (sulfide) groups is 1. The van der Waals surface area contributed by atoms with Gasteiger partial charge < -0.3 is 5.32 Å². The number of alkyl halides is 2. The highest BCUT2D eigenvalue weighted by molar-refractivity contribution is 9.10. The first-order valence-electron chi connectivity index (χ1n) is 5.26. The average Bonchev–Trinajstić information content (AvgIpc) is 2.79. The number of halogens is 4. The molecule has 20 heavy (non-hydrogen) atoms. The van der Waals surface area contributed by atoms with Gasteiger partial charge in [0.25, 0.3) is 11.7 Å². The van der Waals surface area contributed by atoms with Crippen molar-refractivity contribution in [2.75, 3.05) is 5.32 Å². The lowest BCUT2D eigenvalue weighted by atomic mass is 10.3. The van der Waals surface area contributed by atoms with Crippen LogP contribution >= 0.6 is 50.6 Å². The van der Waals surface area contributed by atoms with Crippen molar-refractivity contribution in [2.45, 2.75) is 10.7 Å². The van der Waals surface area contributed by atoms with Crippen LogP contribution in [0.2, 0.25) is 5.02 Å². The summed E-state index contributed by atoms with van der Waals surface area (Å²) < 4.78 is 25.7. The molecule has 0 spiro atoms. The Morgan fingerprint density at radius 2 is 2.15 bits per heavy atom. The number of rotatable bonds is 4. The third-order valence-corrected chi connectivity index (χ3v) is 5.36. The molecule has 1 aromatic carbocycles. The predicted octanol–water partition coefficient (Wildman–Crippen LogP) is 5.73. The zero-order valence-electron chi connectivity index (χ0n) is 9.70.